The molecular weight excluding hydrogens is 220 g/mol. The third-order valence-corrected chi connectivity index (χ3v) is 4.28. The molecule has 0 bridgehead atoms. The molecule has 4 heteroatoms. The Morgan fingerprint density at radius 3 is 2.94 bits per heavy atom. The van der Waals surface area contributed by atoms with Crippen molar-refractivity contribution in [1.29, 1.82) is 0 Å². The standard InChI is InChI=1S/C12H20N2OS/c1-9-5-11(16-10(9)2)6-14-7-12(13)3-4-15-8-12/h5,14H,3-4,6-8,13H2,1-2H3. The zero-order valence-corrected chi connectivity index (χ0v) is 10.8. The fraction of sp³-hybridized carbons (Fsp3) is 0.667. The second kappa shape index (κ2) is 4.84. The average molecular weight is 240 g/mol. The maximum atomic E-state index is 6.17. The molecule has 0 saturated carbocycles. The predicted octanol–water partition coefficient (Wildman–Crippen LogP) is 1.57. The molecule has 1 atom stereocenters. The van der Waals surface area contributed by atoms with Crippen LogP contribution in [0.5, 0.6) is 0 Å². The van der Waals surface area contributed by atoms with E-state index in [2.05, 4.69) is 25.2 Å². The van der Waals surface area contributed by atoms with Gasteiger partial charge in [0, 0.05) is 29.5 Å². The maximum absolute atomic E-state index is 6.17. The highest BCUT2D eigenvalue weighted by Gasteiger charge is 2.29. The van der Waals surface area contributed by atoms with E-state index in [0.29, 0.717) is 6.61 Å². The van der Waals surface area contributed by atoms with Crippen LogP contribution in [0.15, 0.2) is 6.07 Å². The van der Waals surface area contributed by atoms with Crippen molar-refractivity contribution in [3.8, 4) is 0 Å². The number of ether oxygens (including phenoxy) is 1. The van der Waals surface area contributed by atoms with E-state index >= 15 is 0 Å². The molecule has 0 spiro atoms. The van der Waals surface area contributed by atoms with E-state index in [1.165, 1.54) is 15.3 Å². The fourth-order valence-electron chi connectivity index (χ4n) is 1.93. The lowest BCUT2D eigenvalue weighted by Crippen LogP contribution is -2.49. The third-order valence-electron chi connectivity index (χ3n) is 3.13. The fourth-order valence-corrected chi connectivity index (χ4v) is 2.96. The Morgan fingerprint density at radius 2 is 2.38 bits per heavy atom. The number of hydrogen-bond donors (Lipinski definition) is 2. The molecule has 2 rings (SSSR count). The van der Waals surface area contributed by atoms with Gasteiger partial charge in [-0.05, 0) is 31.9 Å². The van der Waals surface area contributed by atoms with Gasteiger partial charge in [-0.1, -0.05) is 0 Å². The first-order valence-corrected chi connectivity index (χ1v) is 6.54. The third kappa shape index (κ3) is 2.83. The highest BCUT2D eigenvalue weighted by atomic mass is 32.1. The maximum Gasteiger partial charge on any atom is 0.0659 e. The quantitative estimate of drug-likeness (QED) is 0.840. The van der Waals surface area contributed by atoms with E-state index < -0.39 is 0 Å². The van der Waals surface area contributed by atoms with Crippen molar-refractivity contribution < 1.29 is 4.74 Å². The van der Waals surface area contributed by atoms with Gasteiger partial charge in [0.15, 0.2) is 0 Å². The molecule has 3 nitrogen and oxygen atoms in total. The van der Waals surface area contributed by atoms with Gasteiger partial charge in [-0.2, -0.15) is 0 Å². The van der Waals surface area contributed by atoms with Crippen molar-refractivity contribution in [2.24, 2.45) is 5.73 Å². The molecule has 0 aliphatic carbocycles. The number of rotatable bonds is 4. The first kappa shape index (κ1) is 12.0. The minimum atomic E-state index is -0.151. The second-order valence-electron chi connectivity index (χ2n) is 4.72. The molecule has 0 amide bonds. The summed E-state index contributed by atoms with van der Waals surface area (Å²) in [6.45, 7) is 7.56. The minimum absolute atomic E-state index is 0.151. The number of nitrogens with two attached hydrogens (primary N) is 1. The molecule has 1 aliphatic heterocycles. The Balaban J connectivity index is 1.79. The van der Waals surface area contributed by atoms with Gasteiger partial charge in [0.2, 0.25) is 0 Å². The Hall–Kier alpha value is -0.420. The van der Waals surface area contributed by atoms with Gasteiger partial charge >= 0.3 is 0 Å². The first-order valence-electron chi connectivity index (χ1n) is 5.72. The topological polar surface area (TPSA) is 47.3 Å². The van der Waals surface area contributed by atoms with Crippen molar-refractivity contribution in [3.63, 3.8) is 0 Å². The Morgan fingerprint density at radius 1 is 1.56 bits per heavy atom. The van der Waals surface area contributed by atoms with E-state index in [1.807, 2.05) is 11.3 Å². The van der Waals surface area contributed by atoms with Gasteiger partial charge in [-0.25, -0.2) is 0 Å². The van der Waals surface area contributed by atoms with Gasteiger partial charge in [0.1, 0.15) is 0 Å². The van der Waals surface area contributed by atoms with Crippen LogP contribution < -0.4 is 11.1 Å². The molecule has 1 saturated heterocycles. The Labute approximate surface area is 101 Å². The van der Waals surface area contributed by atoms with Crippen molar-refractivity contribution in [2.45, 2.75) is 32.4 Å². The molecule has 1 aromatic heterocycles. The molecular formula is C12H20N2OS. The van der Waals surface area contributed by atoms with Crippen LogP contribution in [0.4, 0.5) is 0 Å². The highest BCUT2D eigenvalue weighted by molar-refractivity contribution is 7.12. The number of aryl methyl sites for hydroxylation is 2. The van der Waals surface area contributed by atoms with Gasteiger partial charge in [0.05, 0.1) is 12.1 Å². The summed E-state index contributed by atoms with van der Waals surface area (Å²) in [6, 6.07) is 2.25. The molecule has 3 N–H and O–H groups in total. The summed E-state index contributed by atoms with van der Waals surface area (Å²) in [7, 11) is 0. The van der Waals surface area contributed by atoms with Crippen molar-refractivity contribution >= 4 is 11.3 Å². The molecule has 16 heavy (non-hydrogen) atoms. The van der Waals surface area contributed by atoms with Crippen LogP contribution in [0.1, 0.15) is 21.7 Å². The first-order chi connectivity index (χ1) is 7.59. The van der Waals surface area contributed by atoms with Crippen LogP contribution in [0.25, 0.3) is 0 Å². The van der Waals surface area contributed by atoms with Crippen molar-refractivity contribution in [2.75, 3.05) is 19.8 Å². The van der Waals surface area contributed by atoms with Crippen molar-refractivity contribution in [3.05, 3.63) is 21.4 Å². The molecule has 1 aliphatic rings. The van der Waals surface area contributed by atoms with Crippen molar-refractivity contribution in [1.82, 2.24) is 5.32 Å². The van der Waals surface area contributed by atoms with Crippen LogP contribution in [-0.2, 0) is 11.3 Å². The summed E-state index contributed by atoms with van der Waals surface area (Å²) in [4.78, 5) is 2.79. The number of nitrogens with one attached hydrogen (secondary N) is 1. The molecule has 0 radical (unpaired) electrons. The van der Waals surface area contributed by atoms with E-state index in [4.69, 9.17) is 10.5 Å². The van der Waals surface area contributed by atoms with Crippen LogP contribution in [0.3, 0.4) is 0 Å². The monoisotopic (exact) mass is 240 g/mol. The van der Waals surface area contributed by atoms with E-state index in [-0.39, 0.29) is 5.54 Å². The summed E-state index contributed by atoms with van der Waals surface area (Å²) in [6.07, 6.45) is 0.961. The van der Waals surface area contributed by atoms with Gasteiger partial charge in [0.25, 0.3) is 0 Å². The number of thiophene rings is 1. The average Bonchev–Trinajstić information content (AvgIpc) is 2.76. The van der Waals surface area contributed by atoms with Crippen LogP contribution in [0.2, 0.25) is 0 Å². The van der Waals surface area contributed by atoms with E-state index in [9.17, 15) is 0 Å². The predicted molar refractivity (Wildman–Crippen MR) is 67.9 cm³/mol. The number of hydrogen-bond acceptors (Lipinski definition) is 4. The molecule has 1 fully saturated rings. The van der Waals surface area contributed by atoms with Crippen LogP contribution in [-0.4, -0.2) is 25.3 Å². The zero-order chi connectivity index (χ0) is 11.6. The normalized spacial score (nSPS) is 25.2. The van der Waals surface area contributed by atoms with Gasteiger partial charge in [-0.15, -0.1) is 11.3 Å². The molecule has 0 aromatic carbocycles. The van der Waals surface area contributed by atoms with Gasteiger partial charge in [-0.3, -0.25) is 0 Å². The molecule has 90 valence electrons. The zero-order valence-electron chi connectivity index (χ0n) is 10.0. The lowest BCUT2D eigenvalue weighted by molar-refractivity contribution is 0.177. The summed E-state index contributed by atoms with van der Waals surface area (Å²) >= 11 is 1.86. The Bertz CT molecular complexity index is 336. The van der Waals surface area contributed by atoms with E-state index in [1.54, 1.807) is 0 Å². The second-order valence-corrected chi connectivity index (χ2v) is 6.06. The van der Waals surface area contributed by atoms with Gasteiger partial charge < -0.3 is 15.8 Å². The molecule has 1 aromatic rings. The summed E-state index contributed by atoms with van der Waals surface area (Å²) in [5.74, 6) is 0. The van der Waals surface area contributed by atoms with Crippen LogP contribution >= 0.6 is 11.3 Å². The largest absolute Gasteiger partial charge is 0.379 e. The summed E-state index contributed by atoms with van der Waals surface area (Å²) < 4.78 is 5.32. The lowest BCUT2D eigenvalue weighted by atomic mass is 10.0. The SMILES string of the molecule is Cc1cc(CNCC2(N)CCOC2)sc1C. The summed E-state index contributed by atoms with van der Waals surface area (Å²) in [5, 5.41) is 3.43. The smallest absolute Gasteiger partial charge is 0.0659 e. The molecule has 2 heterocycles. The molecule has 1 unspecified atom stereocenters. The minimum Gasteiger partial charge on any atom is -0.379 e. The Kier molecular flexibility index (Phi) is 3.64. The van der Waals surface area contributed by atoms with Crippen LogP contribution in [0, 0.1) is 13.8 Å². The highest BCUT2D eigenvalue weighted by Crippen LogP contribution is 2.20. The van der Waals surface area contributed by atoms with E-state index in [0.717, 1.165) is 26.1 Å². The summed E-state index contributed by atoms with van der Waals surface area (Å²) in [5.41, 5.74) is 7.41. The lowest BCUT2D eigenvalue weighted by Gasteiger charge is -2.21.